The van der Waals surface area contributed by atoms with Crippen LogP contribution in [0.25, 0.3) is 0 Å². The molecule has 2 atom stereocenters. The van der Waals surface area contributed by atoms with Crippen LogP contribution in [0.2, 0.25) is 0 Å². The van der Waals surface area contributed by atoms with Gasteiger partial charge in [0.15, 0.2) is 0 Å². The van der Waals surface area contributed by atoms with Crippen LogP contribution >= 0.6 is 0 Å². The van der Waals surface area contributed by atoms with Gasteiger partial charge in [0, 0.05) is 13.7 Å². The number of aliphatic carboxylic acids is 1. The zero-order valence-electron chi connectivity index (χ0n) is 10.7. The Morgan fingerprint density at radius 3 is 2.56 bits per heavy atom. The molecule has 1 N–H and O–H groups in total. The molecule has 0 aromatic heterocycles. The minimum Gasteiger partial charge on any atom is -0.480 e. The number of carboxylic acid groups (broad SMARTS) is 1. The highest BCUT2D eigenvalue weighted by Gasteiger charge is 2.37. The van der Waals surface area contributed by atoms with Gasteiger partial charge in [0.05, 0.1) is 5.60 Å². The number of carboxylic acids is 1. The summed E-state index contributed by atoms with van der Waals surface area (Å²) < 4.78 is 5.48. The lowest BCUT2D eigenvalue weighted by molar-refractivity contribution is -0.149. The second kappa shape index (κ2) is 5.15. The van der Waals surface area contributed by atoms with E-state index in [2.05, 4.69) is 6.92 Å². The maximum atomic E-state index is 11.3. The molecule has 0 amide bonds. The van der Waals surface area contributed by atoms with Crippen molar-refractivity contribution in [2.24, 2.45) is 5.92 Å². The SMILES string of the molecule is COC1(C)CCCN(C(C(=O)O)C(C)C)C1. The third-order valence-electron chi connectivity index (χ3n) is 3.46. The molecule has 1 heterocycles. The van der Waals surface area contributed by atoms with Gasteiger partial charge in [-0.2, -0.15) is 0 Å². The van der Waals surface area contributed by atoms with Gasteiger partial charge in [-0.1, -0.05) is 13.8 Å². The fraction of sp³-hybridized carbons (Fsp3) is 0.917. The smallest absolute Gasteiger partial charge is 0.321 e. The first kappa shape index (κ1) is 13.5. The molecule has 16 heavy (non-hydrogen) atoms. The van der Waals surface area contributed by atoms with Crippen molar-refractivity contribution < 1.29 is 14.6 Å². The minimum atomic E-state index is -0.727. The molecule has 1 aliphatic heterocycles. The van der Waals surface area contributed by atoms with Gasteiger partial charge in [0.1, 0.15) is 6.04 Å². The van der Waals surface area contributed by atoms with Crippen molar-refractivity contribution in [3.63, 3.8) is 0 Å². The van der Waals surface area contributed by atoms with Crippen LogP contribution in [0.15, 0.2) is 0 Å². The lowest BCUT2D eigenvalue weighted by Crippen LogP contribution is -2.55. The Kier molecular flexibility index (Phi) is 4.33. The lowest BCUT2D eigenvalue weighted by atomic mass is 9.91. The monoisotopic (exact) mass is 229 g/mol. The van der Waals surface area contributed by atoms with Crippen molar-refractivity contribution in [1.82, 2.24) is 4.90 Å². The summed E-state index contributed by atoms with van der Waals surface area (Å²) in [5.41, 5.74) is -0.194. The van der Waals surface area contributed by atoms with E-state index in [9.17, 15) is 9.90 Å². The second-order valence-electron chi connectivity index (χ2n) is 5.26. The van der Waals surface area contributed by atoms with Gasteiger partial charge in [-0.3, -0.25) is 9.69 Å². The van der Waals surface area contributed by atoms with Crippen LogP contribution in [0.4, 0.5) is 0 Å². The minimum absolute atomic E-state index is 0.122. The third-order valence-corrected chi connectivity index (χ3v) is 3.46. The summed E-state index contributed by atoms with van der Waals surface area (Å²) in [4.78, 5) is 13.3. The van der Waals surface area contributed by atoms with Crippen LogP contribution in [0, 0.1) is 5.92 Å². The van der Waals surface area contributed by atoms with Gasteiger partial charge in [-0.15, -0.1) is 0 Å². The van der Waals surface area contributed by atoms with Crippen LogP contribution in [0.1, 0.15) is 33.6 Å². The maximum absolute atomic E-state index is 11.3. The average molecular weight is 229 g/mol. The average Bonchev–Trinajstić information content (AvgIpc) is 2.16. The van der Waals surface area contributed by atoms with E-state index in [-0.39, 0.29) is 11.5 Å². The summed E-state index contributed by atoms with van der Waals surface area (Å²) in [7, 11) is 1.70. The molecule has 0 saturated carbocycles. The molecule has 4 heteroatoms. The number of methoxy groups -OCH3 is 1. The van der Waals surface area contributed by atoms with E-state index in [0.717, 1.165) is 19.4 Å². The summed E-state index contributed by atoms with van der Waals surface area (Å²) in [6, 6.07) is -0.394. The van der Waals surface area contributed by atoms with Crippen LogP contribution in [0.3, 0.4) is 0 Å². The predicted octanol–water partition coefficient (Wildman–Crippen LogP) is 1.60. The van der Waals surface area contributed by atoms with Crippen molar-refractivity contribution in [2.75, 3.05) is 20.2 Å². The van der Waals surface area contributed by atoms with Crippen molar-refractivity contribution in [2.45, 2.75) is 45.3 Å². The van der Waals surface area contributed by atoms with Gasteiger partial charge in [-0.25, -0.2) is 0 Å². The molecule has 0 aromatic carbocycles. The van der Waals surface area contributed by atoms with Crippen molar-refractivity contribution in [3.8, 4) is 0 Å². The molecule has 0 radical (unpaired) electrons. The van der Waals surface area contributed by atoms with Gasteiger partial charge in [0.2, 0.25) is 0 Å². The highest BCUT2D eigenvalue weighted by Crippen LogP contribution is 2.27. The fourth-order valence-corrected chi connectivity index (χ4v) is 2.51. The van der Waals surface area contributed by atoms with Gasteiger partial charge in [-0.05, 0) is 32.2 Å². The Labute approximate surface area is 97.6 Å². The van der Waals surface area contributed by atoms with E-state index in [1.54, 1.807) is 7.11 Å². The first-order chi connectivity index (χ1) is 7.39. The van der Waals surface area contributed by atoms with E-state index in [1.807, 2.05) is 18.7 Å². The Morgan fingerprint density at radius 1 is 1.50 bits per heavy atom. The summed E-state index contributed by atoms with van der Waals surface area (Å²) in [5.74, 6) is -0.605. The van der Waals surface area contributed by atoms with Gasteiger partial charge < -0.3 is 9.84 Å². The standard InChI is InChI=1S/C12H23NO3/c1-9(2)10(11(14)15)13-7-5-6-12(3,8-13)16-4/h9-10H,5-8H2,1-4H3,(H,14,15). The number of ether oxygens (including phenoxy) is 1. The van der Waals surface area contributed by atoms with E-state index < -0.39 is 12.0 Å². The summed E-state index contributed by atoms with van der Waals surface area (Å²) in [6.07, 6.45) is 2.01. The lowest BCUT2D eigenvalue weighted by Gasteiger charge is -2.42. The predicted molar refractivity (Wildman–Crippen MR) is 62.5 cm³/mol. The van der Waals surface area contributed by atoms with Gasteiger partial charge in [0.25, 0.3) is 0 Å². The molecule has 0 spiro atoms. The molecule has 1 rings (SSSR count). The summed E-state index contributed by atoms with van der Waals surface area (Å²) in [6.45, 7) is 7.53. The van der Waals surface area contributed by atoms with Crippen LogP contribution in [0.5, 0.6) is 0 Å². The first-order valence-electron chi connectivity index (χ1n) is 5.91. The molecule has 2 unspecified atom stereocenters. The zero-order chi connectivity index (χ0) is 12.3. The van der Waals surface area contributed by atoms with Crippen molar-refractivity contribution in [1.29, 1.82) is 0 Å². The molecule has 1 fully saturated rings. The molecule has 0 aromatic rings. The Morgan fingerprint density at radius 2 is 2.12 bits per heavy atom. The number of hydrogen-bond acceptors (Lipinski definition) is 3. The molecular weight excluding hydrogens is 206 g/mol. The Balaban J connectivity index is 2.75. The van der Waals surface area contributed by atoms with E-state index in [1.165, 1.54) is 0 Å². The number of carbonyl (C=O) groups is 1. The molecule has 1 aliphatic rings. The highest BCUT2D eigenvalue weighted by atomic mass is 16.5. The van der Waals surface area contributed by atoms with Crippen LogP contribution < -0.4 is 0 Å². The summed E-state index contributed by atoms with van der Waals surface area (Å²) in [5, 5.41) is 9.26. The molecule has 1 saturated heterocycles. The molecule has 94 valence electrons. The molecular formula is C12H23NO3. The Hall–Kier alpha value is -0.610. The van der Waals surface area contributed by atoms with Crippen molar-refractivity contribution >= 4 is 5.97 Å². The highest BCUT2D eigenvalue weighted by molar-refractivity contribution is 5.73. The van der Waals surface area contributed by atoms with E-state index in [0.29, 0.717) is 6.54 Å². The van der Waals surface area contributed by atoms with Crippen LogP contribution in [-0.4, -0.2) is 47.8 Å². The van der Waals surface area contributed by atoms with Crippen molar-refractivity contribution in [3.05, 3.63) is 0 Å². The van der Waals surface area contributed by atoms with Crippen LogP contribution in [-0.2, 0) is 9.53 Å². The largest absolute Gasteiger partial charge is 0.480 e. The fourth-order valence-electron chi connectivity index (χ4n) is 2.51. The second-order valence-corrected chi connectivity index (χ2v) is 5.26. The maximum Gasteiger partial charge on any atom is 0.321 e. The number of hydrogen-bond donors (Lipinski definition) is 1. The molecule has 0 aliphatic carbocycles. The first-order valence-corrected chi connectivity index (χ1v) is 5.91. The number of piperidine rings is 1. The number of nitrogens with zero attached hydrogens (tertiary/aromatic N) is 1. The topological polar surface area (TPSA) is 49.8 Å². The third kappa shape index (κ3) is 2.95. The van der Waals surface area contributed by atoms with E-state index >= 15 is 0 Å². The zero-order valence-corrected chi connectivity index (χ0v) is 10.7. The normalized spacial score (nSPS) is 29.3. The van der Waals surface area contributed by atoms with E-state index in [4.69, 9.17) is 4.74 Å². The van der Waals surface area contributed by atoms with Gasteiger partial charge >= 0.3 is 5.97 Å². The Bertz CT molecular complexity index is 255. The number of likely N-dealkylation sites (tertiary alicyclic amines) is 1. The summed E-state index contributed by atoms with van der Waals surface area (Å²) >= 11 is 0. The molecule has 4 nitrogen and oxygen atoms in total. The number of rotatable bonds is 4. The quantitative estimate of drug-likeness (QED) is 0.795. The molecule has 0 bridgehead atoms.